The van der Waals surface area contributed by atoms with Gasteiger partial charge in [0.25, 0.3) is 0 Å². The van der Waals surface area contributed by atoms with E-state index in [0.29, 0.717) is 12.8 Å². The minimum Gasteiger partial charge on any atom is -0.393 e. The van der Waals surface area contributed by atoms with Crippen molar-refractivity contribution < 1.29 is 33.5 Å². The highest BCUT2D eigenvalue weighted by molar-refractivity contribution is 7.47. The molecule has 4 atom stereocenters. The van der Waals surface area contributed by atoms with Crippen LogP contribution in [0.2, 0.25) is 0 Å². The molecule has 0 aliphatic carbocycles. The summed E-state index contributed by atoms with van der Waals surface area (Å²) in [4.78, 5) is 22.8. The molecule has 1 amide bonds. The molecule has 0 heterocycles. The Balaban J connectivity index is 4.23. The molecule has 0 saturated carbocycles. The van der Waals surface area contributed by atoms with Crippen LogP contribution in [0.25, 0.3) is 0 Å². The normalized spacial score (nSPS) is 14.8. The number of aliphatic hydroxyl groups is 2. The lowest BCUT2D eigenvalue weighted by Gasteiger charge is -2.24. The van der Waals surface area contributed by atoms with Crippen LogP contribution in [0, 0.1) is 0 Å². The van der Waals surface area contributed by atoms with E-state index in [2.05, 4.69) is 43.5 Å². The molecule has 0 spiro atoms. The van der Waals surface area contributed by atoms with Crippen molar-refractivity contribution >= 4 is 13.7 Å². The monoisotopic (exact) mass is 841 g/mol. The number of nitrogens with two attached hydrogens (primary N) is 1. The highest BCUT2D eigenvalue weighted by Crippen LogP contribution is 2.43. The van der Waals surface area contributed by atoms with Crippen LogP contribution in [0.3, 0.4) is 0 Å². The molecule has 0 bridgehead atoms. The summed E-state index contributed by atoms with van der Waals surface area (Å²) in [5.41, 5.74) is 5.37. The van der Waals surface area contributed by atoms with Crippen molar-refractivity contribution in [3.63, 3.8) is 0 Å². The summed E-state index contributed by atoms with van der Waals surface area (Å²) in [6.45, 7) is 3.95. The third kappa shape index (κ3) is 41.4. The summed E-state index contributed by atoms with van der Waals surface area (Å²) < 4.78 is 22.1. The Morgan fingerprint density at radius 1 is 0.586 bits per heavy atom. The van der Waals surface area contributed by atoms with Gasteiger partial charge in [0.1, 0.15) is 0 Å². The number of carbonyl (C=O) groups is 1. The Morgan fingerprint density at radius 3 is 1.43 bits per heavy atom. The molecule has 9 nitrogen and oxygen atoms in total. The van der Waals surface area contributed by atoms with E-state index in [1.165, 1.54) is 148 Å². The van der Waals surface area contributed by atoms with Gasteiger partial charge in [0, 0.05) is 6.54 Å². The molecule has 0 fully saturated rings. The second kappa shape index (κ2) is 43.8. The molecule has 342 valence electrons. The largest absolute Gasteiger partial charge is 0.472 e. The molecular formula is C48H93N2O7P. The van der Waals surface area contributed by atoms with Crippen LogP contribution in [-0.4, -0.2) is 59.0 Å². The first-order valence-corrected chi connectivity index (χ1v) is 25.7. The number of rotatable bonds is 45. The first-order chi connectivity index (χ1) is 28.3. The van der Waals surface area contributed by atoms with E-state index >= 15 is 0 Å². The third-order valence-corrected chi connectivity index (χ3v) is 11.7. The zero-order chi connectivity index (χ0) is 42.6. The number of hydrogen-bond acceptors (Lipinski definition) is 7. The fourth-order valence-corrected chi connectivity index (χ4v) is 7.85. The van der Waals surface area contributed by atoms with Crippen LogP contribution in [0.5, 0.6) is 0 Å². The van der Waals surface area contributed by atoms with Crippen molar-refractivity contribution in [2.75, 3.05) is 19.8 Å². The first kappa shape index (κ1) is 56.7. The Kier molecular flexibility index (Phi) is 42.8. The third-order valence-electron chi connectivity index (χ3n) is 10.8. The zero-order valence-corrected chi connectivity index (χ0v) is 38.5. The smallest absolute Gasteiger partial charge is 0.393 e. The van der Waals surface area contributed by atoms with E-state index in [1.807, 2.05) is 6.08 Å². The number of amides is 1. The predicted molar refractivity (Wildman–Crippen MR) is 246 cm³/mol. The molecule has 0 radical (unpaired) electrons. The summed E-state index contributed by atoms with van der Waals surface area (Å²) in [5, 5.41) is 24.1. The summed E-state index contributed by atoms with van der Waals surface area (Å²) in [6.07, 6.45) is 49.6. The van der Waals surface area contributed by atoms with Crippen molar-refractivity contribution in [1.29, 1.82) is 0 Å². The van der Waals surface area contributed by atoms with Gasteiger partial charge in [-0.15, -0.1) is 0 Å². The Bertz CT molecular complexity index is 1020. The van der Waals surface area contributed by atoms with Crippen LogP contribution < -0.4 is 11.1 Å². The van der Waals surface area contributed by atoms with Crippen LogP contribution in [-0.2, 0) is 18.4 Å². The van der Waals surface area contributed by atoms with Crippen molar-refractivity contribution in [2.45, 2.75) is 244 Å². The number of phosphoric ester groups is 1. The van der Waals surface area contributed by atoms with E-state index < -0.39 is 38.6 Å². The van der Waals surface area contributed by atoms with E-state index in [0.717, 1.165) is 44.9 Å². The van der Waals surface area contributed by atoms with Crippen molar-refractivity contribution in [1.82, 2.24) is 5.32 Å². The number of unbranched alkanes of at least 4 members (excludes halogenated alkanes) is 27. The van der Waals surface area contributed by atoms with Crippen LogP contribution in [0.4, 0.5) is 0 Å². The van der Waals surface area contributed by atoms with E-state index in [1.54, 1.807) is 6.08 Å². The minimum absolute atomic E-state index is 0.0429. The average Bonchev–Trinajstić information content (AvgIpc) is 3.20. The summed E-state index contributed by atoms with van der Waals surface area (Å²) in [7, 11) is -4.41. The highest BCUT2D eigenvalue weighted by atomic mass is 31.2. The number of hydrogen-bond donors (Lipinski definition) is 5. The van der Waals surface area contributed by atoms with E-state index in [9.17, 15) is 24.5 Å². The molecule has 0 rings (SSSR count). The number of allylic oxidation sites excluding steroid dienone is 5. The van der Waals surface area contributed by atoms with Gasteiger partial charge in [-0.05, 0) is 44.9 Å². The molecule has 0 aliphatic rings. The van der Waals surface area contributed by atoms with Gasteiger partial charge in [-0.3, -0.25) is 13.8 Å². The van der Waals surface area contributed by atoms with Crippen LogP contribution in [0.1, 0.15) is 226 Å². The van der Waals surface area contributed by atoms with Crippen molar-refractivity contribution in [3.05, 3.63) is 36.5 Å². The van der Waals surface area contributed by atoms with Gasteiger partial charge in [0.05, 0.1) is 37.9 Å². The molecule has 0 saturated heterocycles. The fraction of sp³-hybridized carbons (Fsp3) is 0.854. The zero-order valence-electron chi connectivity index (χ0n) is 37.7. The highest BCUT2D eigenvalue weighted by Gasteiger charge is 2.27. The van der Waals surface area contributed by atoms with Gasteiger partial charge in [-0.1, -0.05) is 211 Å². The summed E-state index contributed by atoms with van der Waals surface area (Å²) in [5.74, 6) is -0.457. The van der Waals surface area contributed by atoms with Crippen molar-refractivity contribution in [3.8, 4) is 0 Å². The van der Waals surface area contributed by atoms with E-state index in [-0.39, 0.29) is 19.6 Å². The Labute approximate surface area is 357 Å². The standard InChI is InChI=1S/C48H93N2O7P/c1-3-5-7-9-11-13-15-17-19-20-21-22-23-24-26-27-29-31-33-35-37-39-45(51)43-48(53)50-46(44-57-58(54,55)56-42-41-49)47(52)40-38-36-34-32-30-28-25-18-16-14-12-10-8-6-4-2/h16,18,30,32,38,40,45-47,51-52H,3-15,17,19-29,31,33-37,39,41-44,49H2,1-2H3,(H,50,53)(H,54,55)/b18-16+,32-30+,40-38+. The summed E-state index contributed by atoms with van der Waals surface area (Å²) >= 11 is 0. The SMILES string of the molecule is CCCCCCC/C=C/CC/C=C/CC/C=C/C(O)C(COP(=O)(O)OCCN)NC(=O)CC(O)CCCCCCCCCCCCCCCCCCCCCCC. The van der Waals surface area contributed by atoms with Crippen molar-refractivity contribution in [2.24, 2.45) is 5.73 Å². The molecule has 4 unspecified atom stereocenters. The maximum absolute atomic E-state index is 12.8. The molecule has 0 aliphatic heterocycles. The van der Waals surface area contributed by atoms with Gasteiger partial charge in [0.15, 0.2) is 0 Å². The molecule has 0 aromatic rings. The number of phosphoric acid groups is 1. The maximum Gasteiger partial charge on any atom is 0.472 e. The molecule has 58 heavy (non-hydrogen) atoms. The quantitative estimate of drug-likeness (QED) is 0.0231. The van der Waals surface area contributed by atoms with E-state index in [4.69, 9.17) is 14.8 Å². The molecule has 10 heteroatoms. The lowest BCUT2D eigenvalue weighted by atomic mass is 10.0. The topological polar surface area (TPSA) is 151 Å². The van der Waals surface area contributed by atoms with Gasteiger partial charge >= 0.3 is 7.82 Å². The summed E-state index contributed by atoms with van der Waals surface area (Å²) in [6, 6.07) is -1.00. The van der Waals surface area contributed by atoms with Gasteiger partial charge in [0.2, 0.25) is 5.91 Å². The lowest BCUT2D eigenvalue weighted by molar-refractivity contribution is -0.124. The van der Waals surface area contributed by atoms with Gasteiger partial charge in [-0.25, -0.2) is 4.57 Å². The molecule has 6 N–H and O–H groups in total. The fourth-order valence-electron chi connectivity index (χ4n) is 7.09. The first-order valence-electron chi connectivity index (χ1n) is 24.2. The number of nitrogens with one attached hydrogen (secondary N) is 1. The Morgan fingerprint density at radius 2 is 0.983 bits per heavy atom. The van der Waals surface area contributed by atoms with Crippen LogP contribution >= 0.6 is 7.82 Å². The average molecular weight is 841 g/mol. The number of aliphatic hydroxyl groups excluding tert-OH is 2. The number of carbonyl (C=O) groups excluding carboxylic acids is 1. The molecular weight excluding hydrogens is 748 g/mol. The second-order valence-electron chi connectivity index (χ2n) is 16.5. The minimum atomic E-state index is -4.41. The van der Waals surface area contributed by atoms with Crippen LogP contribution in [0.15, 0.2) is 36.5 Å². The molecule has 0 aromatic carbocycles. The Hall–Kier alpha value is -1.32. The van der Waals surface area contributed by atoms with Gasteiger partial charge in [-0.2, -0.15) is 0 Å². The second-order valence-corrected chi connectivity index (χ2v) is 18.0. The molecule has 0 aromatic heterocycles. The van der Waals surface area contributed by atoms with Gasteiger partial charge < -0.3 is 26.2 Å². The predicted octanol–water partition coefficient (Wildman–Crippen LogP) is 12.9. The maximum atomic E-state index is 12.8. The lowest BCUT2D eigenvalue weighted by Crippen LogP contribution is -2.46.